The monoisotopic (exact) mass is 280 g/mol. The van der Waals surface area contributed by atoms with Gasteiger partial charge in [-0.2, -0.15) is 0 Å². The third-order valence-electron chi connectivity index (χ3n) is 3.41. The molecule has 0 saturated carbocycles. The van der Waals surface area contributed by atoms with E-state index in [9.17, 15) is 4.79 Å². The van der Waals surface area contributed by atoms with Crippen LogP contribution in [-0.4, -0.2) is 11.3 Å². The standard InChI is InChI=1S/C17H16N2O2/c1-11-7-15(8-12(2)18-11)16-9-17(21-19-16)14-5-3-13(10-20)4-6-14/h3-10,17,19H,1-2H3. The fourth-order valence-corrected chi connectivity index (χ4v) is 2.42. The van der Waals surface area contributed by atoms with Crippen molar-refractivity contribution in [1.29, 1.82) is 0 Å². The van der Waals surface area contributed by atoms with E-state index in [0.717, 1.165) is 34.5 Å². The van der Waals surface area contributed by atoms with Crippen LogP contribution in [0.5, 0.6) is 0 Å². The summed E-state index contributed by atoms with van der Waals surface area (Å²) in [6.07, 6.45) is 2.71. The molecule has 21 heavy (non-hydrogen) atoms. The first-order chi connectivity index (χ1) is 10.2. The summed E-state index contributed by atoms with van der Waals surface area (Å²) in [6.45, 7) is 3.95. The molecule has 0 aliphatic carbocycles. The van der Waals surface area contributed by atoms with Crippen LogP contribution in [0.2, 0.25) is 0 Å². The highest BCUT2D eigenvalue weighted by molar-refractivity contribution is 5.74. The average molecular weight is 280 g/mol. The van der Waals surface area contributed by atoms with Crippen LogP contribution in [0.3, 0.4) is 0 Å². The molecule has 1 N–H and O–H groups in total. The highest BCUT2D eigenvalue weighted by Crippen LogP contribution is 2.28. The third-order valence-corrected chi connectivity index (χ3v) is 3.41. The largest absolute Gasteiger partial charge is 0.298 e. The van der Waals surface area contributed by atoms with E-state index in [1.54, 1.807) is 12.1 Å². The predicted molar refractivity (Wildman–Crippen MR) is 80.5 cm³/mol. The molecule has 1 aromatic heterocycles. The number of aryl methyl sites for hydroxylation is 2. The number of aldehydes is 1. The van der Waals surface area contributed by atoms with Gasteiger partial charge in [-0.1, -0.05) is 24.3 Å². The van der Waals surface area contributed by atoms with Crippen molar-refractivity contribution in [1.82, 2.24) is 10.5 Å². The minimum absolute atomic E-state index is 0.158. The molecule has 0 bridgehead atoms. The summed E-state index contributed by atoms with van der Waals surface area (Å²) in [5.74, 6) is 0. The number of benzene rings is 1. The SMILES string of the molecule is Cc1cc(C2=CC(c3ccc(C=O)cc3)ON2)cc(C)n1. The van der Waals surface area contributed by atoms with E-state index in [4.69, 9.17) is 4.84 Å². The molecule has 106 valence electrons. The lowest BCUT2D eigenvalue weighted by atomic mass is 10.0. The first kappa shape index (κ1) is 13.5. The molecule has 2 aromatic rings. The van der Waals surface area contributed by atoms with E-state index >= 15 is 0 Å². The number of carbonyl (C=O) groups is 1. The molecule has 3 rings (SSSR count). The topological polar surface area (TPSA) is 51.2 Å². The zero-order chi connectivity index (χ0) is 14.8. The Hall–Kier alpha value is -2.46. The van der Waals surface area contributed by atoms with E-state index in [2.05, 4.69) is 10.5 Å². The molecule has 0 amide bonds. The molecular formula is C17H16N2O2. The van der Waals surface area contributed by atoms with Gasteiger partial charge in [0.1, 0.15) is 12.4 Å². The van der Waals surface area contributed by atoms with E-state index in [1.165, 1.54) is 0 Å². The van der Waals surface area contributed by atoms with Crippen molar-refractivity contribution in [2.24, 2.45) is 0 Å². The second kappa shape index (κ2) is 5.50. The Morgan fingerprint density at radius 3 is 2.43 bits per heavy atom. The number of aromatic nitrogens is 1. The van der Waals surface area contributed by atoms with Crippen LogP contribution >= 0.6 is 0 Å². The van der Waals surface area contributed by atoms with Gasteiger partial charge >= 0.3 is 0 Å². The Morgan fingerprint density at radius 1 is 1.14 bits per heavy atom. The molecule has 1 aromatic carbocycles. The maximum absolute atomic E-state index is 10.7. The number of hydrogen-bond donors (Lipinski definition) is 1. The van der Waals surface area contributed by atoms with Crippen molar-refractivity contribution >= 4 is 12.0 Å². The first-order valence-corrected chi connectivity index (χ1v) is 6.80. The van der Waals surface area contributed by atoms with Crippen LogP contribution in [0.25, 0.3) is 5.70 Å². The Morgan fingerprint density at radius 2 is 1.81 bits per heavy atom. The predicted octanol–water partition coefficient (Wildman–Crippen LogP) is 3.13. The van der Waals surface area contributed by atoms with Gasteiger partial charge in [0, 0.05) is 22.5 Å². The summed E-state index contributed by atoms with van der Waals surface area (Å²) in [6, 6.07) is 11.4. The summed E-state index contributed by atoms with van der Waals surface area (Å²) >= 11 is 0. The Kier molecular flexibility index (Phi) is 3.54. The molecule has 1 aliphatic rings. The fourth-order valence-electron chi connectivity index (χ4n) is 2.42. The van der Waals surface area contributed by atoms with Crippen LogP contribution in [0, 0.1) is 13.8 Å². The molecule has 1 aliphatic heterocycles. The van der Waals surface area contributed by atoms with Gasteiger partial charge in [0.05, 0.1) is 5.70 Å². The lowest BCUT2D eigenvalue weighted by molar-refractivity contribution is 0.0511. The van der Waals surface area contributed by atoms with Gasteiger partial charge in [0.25, 0.3) is 0 Å². The minimum Gasteiger partial charge on any atom is -0.298 e. The van der Waals surface area contributed by atoms with Crippen molar-refractivity contribution in [2.75, 3.05) is 0 Å². The molecular weight excluding hydrogens is 264 g/mol. The second-order valence-electron chi connectivity index (χ2n) is 5.14. The summed E-state index contributed by atoms with van der Waals surface area (Å²) < 4.78 is 0. The normalized spacial score (nSPS) is 17.2. The van der Waals surface area contributed by atoms with Gasteiger partial charge in [0.2, 0.25) is 0 Å². The fraction of sp³-hybridized carbons (Fsp3) is 0.176. The lowest BCUT2D eigenvalue weighted by Gasteiger charge is -2.08. The Labute approximate surface area is 123 Å². The van der Waals surface area contributed by atoms with Crippen LogP contribution in [0.15, 0.2) is 42.5 Å². The molecule has 1 atom stereocenters. The summed E-state index contributed by atoms with van der Waals surface area (Å²) in [4.78, 5) is 20.7. The number of carbonyl (C=O) groups excluding carboxylic acids is 1. The van der Waals surface area contributed by atoms with Crippen LogP contribution < -0.4 is 5.48 Å². The van der Waals surface area contributed by atoms with E-state index in [1.807, 2.05) is 44.2 Å². The number of nitrogens with zero attached hydrogens (tertiary/aromatic N) is 1. The first-order valence-electron chi connectivity index (χ1n) is 6.80. The quantitative estimate of drug-likeness (QED) is 0.878. The molecule has 4 nitrogen and oxygen atoms in total. The number of hydroxylamine groups is 1. The zero-order valence-electron chi connectivity index (χ0n) is 12.0. The lowest BCUT2D eigenvalue weighted by Crippen LogP contribution is -2.08. The summed E-state index contributed by atoms with van der Waals surface area (Å²) in [5.41, 5.74) is 8.59. The minimum atomic E-state index is -0.158. The number of hydrogen-bond acceptors (Lipinski definition) is 4. The number of rotatable bonds is 3. The van der Waals surface area contributed by atoms with Gasteiger partial charge in [-0.3, -0.25) is 20.1 Å². The second-order valence-corrected chi connectivity index (χ2v) is 5.14. The van der Waals surface area contributed by atoms with Gasteiger partial charge in [-0.25, -0.2) is 0 Å². The molecule has 4 heteroatoms. The van der Waals surface area contributed by atoms with Crippen LogP contribution in [0.1, 0.15) is 39.0 Å². The van der Waals surface area contributed by atoms with Gasteiger partial charge in [0.15, 0.2) is 0 Å². The third kappa shape index (κ3) is 2.85. The van der Waals surface area contributed by atoms with Gasteiger partial charge < -0.3 is 0 Å². The molecule has 2 heterocycles. The molecule has 0 saturated heterocycles. The van der Waals surface area contributed by atoms with E-state index < -0.39 is 0 Å². The van der Waals surface area contributed by atoms with Crippen molar-refractivity contribution in [2.45, 2.75) is 20.0 Å². The number of pyridine rings is 1. The molecule has 1 unspecified atom stereocenters. The van der Waals surface area contributed by atoms with Crippen molar-refractivity contribution in [3.8, 4) is 0 Å². The van der Waals surface area contributed by atoms with Crippen molar-refractivity contribution in [3.05, 3.63) is 70.6 Å². The molecule has 0 radical (unpaired) electrons. The molecule has 0 spiro atoms. The smallest absolute Gasteiger partial charge is 0.150 e. The maximum atomic E-state index is 10.7. The van der Waals surface area contributed by atoms with E-state index in [0.29, 0.717) is 5.56 Å². The highest BCUT2D eigenvalue weighted by atomic mass is 16.7. The van der Waals surface area contributed by atoms with Crippen molar-refractivity contribution < 1.29 is 9.63 Å². The Bertz CT molecular complexity index is 685. The van der Waals surface area contributed by atoms with Crippen molar-refractivity contribution in [3.63, 3.8) is 0 Å². The zero-order valence-corrected chi connectivity index (χ0v) is 12.0. The average Bonchev–Trinajstić information content (AvgIpc) is 2.96. The van der Waals surface area contributed by atoms with Crippen LogP contribution in [0.4, 0.5) is 0 Å². The number of nitrogens with one attached hydrogen (secondary N) is 1. The highest BCUT2D eigenvalue weighted by Gasteiger charge is 2.19. The summed E-state index contributed by atoms with van der Waals surface area (Å²) in [7, 11) is 0. The molecule has 0 fully saturated rings. The summed E-state index contributed by atoms with van der Waals surface area (Å²) in [5, 5.41) is 0. The van der Waals surface area contributed by atoms with E-state index in [-0.39, 0.29) is 6.10 Å². The van der Waals surface area contributed by atoms with Gasteiger partial charge in [-0.05, 0) is 37.6 Å². The maximum Gasteiger partial charge on any atom is 0.150 e. The van der Waals surface area contributed by atoms with Crippen LogP contribution in [-0.2, 0) is 4.84 Å². The van der Waals surface area contributed by atoms with Gasteiger partial charge in [-0.15, -0.1) is 0 Å². The Balaban J connectivity index is 1.87.